The predicted molar refractivity (Wildman–Crippen MR) is 88.6 cm³/mol. The summed E-state index contributed by atoms with van der Waals surface area (Å²) in [6.07, 6.45) is 3.28. The van der Waals surface area contributed by atoms with E-state index in [1.54, 1.807) is 18.5 Å². The highest BCUT2D eigenvalue weighted by molar-refractivity contribution is 6.31. The lowest BCUT2D eigenvalue weighted by atomic mass is 10.1. The first-order chi connectivity index (χ1) is 11.5. The second-order valence-corrected chi connectivity index (χ2v) is 5.52. The van der Waals surface area contributed by atoms with Crippen LogP contribution in [0.2, 0.25) is 5.02 Å². The molecule has 0 aliphatic rings. The average Bonchev–Trinajstić information content (AvgIpc) is 2.57. The highest BCUT2D eigenvalue weighted by Crippen LogP contribution is 2.23. The number of nitro groups is 1. The second kappa shape index (κ2) is 8.37. The molecule has 1 amide bonds. The second-order valence-electron chi connectivity index (χ2n) is 5.11. The Hall–Kier alpha value is -2.51. The Morgan fingerprint density at radius 1 is 1.38 bits per heavy atom. The van der Waals surface area contributed by atoms with Crippen molar-refractivity contribution in [3.63, 3.8) is 0 Å². The van der Waals surface area contributed by atoms with Crippen LogP contribution in [0.1, 0.15) is 11.1 Å². The van der Waals surface area contributed by atoms with Crippen molar-refractivity contribution in [3.8, 4) is 0 Å². The number of nitrogens with zero attached hydrogens (tertiary/aromatic N) is 3. The monoisotopic (exact) mass is 349 g/mol. The van der Waals surface area contributed by atoms with Crippen molar-refractivity contribution in [2.45, 2.75) is 13.0 Å². The summed E-state index contributed by atoms with van der Waals surface area (Å²) in [5, 5.41) is 20.1. The minimum absolute atomic E-state index is 0.00289. The Kier molecular flexibility index (Phi) is 6.22. The van der Waals surface area contributed by atoms with Gasteiger partial charge in [0.1, 0.15) is 0 Å². The van der Waals surface area contributed by atoms with E-state index in [1.807, 2.05) is 6.07 Å². The number of aliphatic hydroxyl groups excluding tert-OH is 1. The summed E-state index contributed by atoms with van der Waals surface area (Å²) in [5.74, 6) is -0.233. The maximum absolute atomic E-state index is 12.5. The lowest BCUT2D eigenvalue weighted by Crippen LogP contribution is -2.34. The zero-order valence-corrected chi connectivity index (χ0v) is 13.5. The molecule has 0 aliphatic carbocycles. The summed E-state index contributed by atoms with van der Waals surface area (Å²) in [7, 11) is 0. The van der Waals surface area contributed by atoms with Gasteiger partial charge in [-0.3, -0.25) is 19.9 Å². The number of non-ortho nitro benzene ring substituents is 1. The molecule has 0 radical (unpaired) electrons. The summed E-state index contributed by atoms with van der Waals surface area (Å²) in [5.41, 5.74) is 1.22. The van der Waals surface area contributed by atoms with E-state index in [2.05, 4.69) is 4.98 Å². The fourth-order valence-electron chi connectivity index (χ4n) is 2.19. The van der Waals surface area contributed by atoms with Gasteiger partial charge in [-0.2, -0.15) is 0 Å². The van der Waals surface area contributed by atoms with Crippen molar-refractivity contribution in [2.24, 2.45) is 0 Å². The molecule has 0 atom stereocenters. The number of aromatic nitrogens is 1. The molecule has 1 aromatic heterocycles. The van der Waals surface area contributed by atoms with Crippen LogP contribution in [0.15, 0.2) is 42.7 Å². The van der Waals surface area contributed by atoms with Gasteiger partial charge in [0.25, 0.3) is 5.69 Å². The largest absolute Gasteiger partial charge is 0.395 e. The van der Waals surface area contributed by atoms with Gasteiger partial charge in [0.2, 0.25) is 5.91 Å². The number of carbonyl (C=O) groups excluding carboxylic acids is 1. The van der Waals surface area contributed by atoms with Crippen molar-refractivity contribution < 1.29 is 14.8 Å². The maximum atomic E-state index is 12.5. The number of nitro benzene ring substituents is 1. The van der Waals surface area contributed by atoms with Gasteiger partial charge in [-0.25, -0.2) is 0 Å². The van der Waals surface area contributed by atoms with E-state index in [9.17, 15) is 20.0 Å². The average molecular weight is 350 g/mol. The summed E-state index contributed by atoms with van der Waals surface area (Å²) in [6, 6.07) is 7.61. The Morgan fingerprint density at radius 3 is 2.75 bits per heavy atom. The van der Waals surface area contributed by atoms with Crippen molar-refractivity contribution in [1.29, 1.82) is 0 Å². The lowest BCUT2D eigenvalue weighted by Gasteiger charge is -2.22. The van der Waals surface area contributed by atoms with E-state index in [0.717, 1.165) is 5.56 Å². The molecule has 0 spiro atoms. The van der Waals surface area contributed by atoms with E-state index in [0.29, 0.717) is 12.1 Å². The van der Waals surface area contributed by atoms with Gasteiger partial charge >= 0.3 is 0 Å². The number of halogens is 1. The van der Waals surface area contributed by atoms with Crippen molar-refractivity contribution in [3.05, 3.63) is 69.0 Å². The van der Waals surface area contributed by atoms with Crippen LogP contribution in [0, 0.1) is 10.1 Å². The van der Waals surface area contributed by atoms with Gasteiger partial charge in [0.05, 0.1) is 23.0 Å². The van der Waals surface area contributed by atoms with Crippen molar-refractivity contribution >= 4 is 23.2 Å². The van der Waals surface area contributed by atoms with E-state index < -0.39 is 4.92 Å². The molecule has 24 heavy (non-hydrogen) atoms. The zero-order valence-electron chi connectivity index (χ0n) is 12.8. The molecule has 8 heteroatoms. The first-order valence-corrected chi connectivity index (χ1v) is 7.59. The van der Waals surface area contributed by atoms with Gasteiger partial charge in [-0.1, -0.05) is 23.7 Å². The fraction of sp³-hybridized carbons (Fsp3) is 0.250. The van der Waals surface area contributed by atoms with Crippen LogP contribution < -0.4 is 0 Å². The Morgan fingerprint density at radius 2 is 2.17 bits per heavy atom. The Labute approximate surface area is 143 Å². The highest BCUT2D eigenvalue weighted by atomic mass is 35.5. The molecule has 1 heterocycles. The number of carbonyl (C=O) groups is 1. The molecule has 2 rings (SSSR count). The maximum Gasteiger partial charge on any atom is 0.270 e. The zero-order chi connectivity index (χ0) is 17.5. The molecule has 7 nitrogen and oxygen atoms in total. The summed E-state index contributed by atoms with van der Waals surface area (Å²) >= 11 is 6.02. The standard InChI is InChI=1S/C16H16ClN3O4/c17-15-9-14(20(23)24)4-3-13(15)8-16(22)19(6-7-21)11-12-2-1-5-18-10-12/h1-5,9-10,21H,6-8,11H2. The van der Waals surface area contributed by atoms with Gasteiger partial charge < -0.3 is 10.0 Å². The Balaban J connectivity index is 2.11. The first kappa shape index (κ1) is 17.8. The van der Waals surface area contributed by atoms with Crippen LogP contribution in [0.4, 0.5) is 5.69 Å². The normalized spacial score (nSPS) is 10.4. The van der Waals surface area contributed by atoms with E-state index >= 15 is 0 Å². The molecule has 1 N–H and O–H groups in total. The van der Waals surface area contributed by atoms with Crippen LogP contribution in [0.5, 0.6) is 0 Å². The van der Waals surface area contributed by atoms with E-state index in [1.165, 1.54) is 23.1 Å². The Bertz CT molecular complexity index is 725. The van der Waals surface area contributed by atoms with Crippen molar-refractivity contribution in [2.75, 3.05) is 13.2 Å². The summed E-state index contributed by atoms with van der Waals surface area (Å²) in [4.78, 5) is 28.1. The fourth-order valence-corrected chi connectivity index (χ4v) is 2.43. The smallest absolute Gasteiger partial charge is 0.270 e. The number of pyridine rings is 1. The topological polar surface area (TPSA) is 96.6 Å². The number of hydrogen-bond acceptors (Lipinski definition) is 5. The van der Waals surface area contributed by atoms with Crippen LogP contribution >= 0.6 is 11.6 Å². The molecule has 0 saturated heterocycles. The van der Waals surface area contributed by atoms with E-state index in [4.69, 9.17) is 11.6 Å². The molecule has 0 bridgehead atoms. The molecule has 1 aromatic carbocycles. The number of amides is 1. The molecule has 0 aliphatic heterocycles. The van der Waals surface area contributed by atoms with Crippen LogP contribution in [0.3, 0.4) is 0 Å². The minimum Gasteiger partial charge on any atom is -0.395 e. The quantitative estimate of drug-likeness (QED) is 0.610. The lowest BCUT2D eigenvalue weighted by molar-refractivity contribution is -0.384. The third-order valence-corrected chi connectivity index (χ3v) is 3.76. The first-order valence-electron chi connectivity index (χ1n) is 7.21. The number of hydrogen-bond donors (Lipinski definition) is 1. The molecular weight excluding hydrogens is 334 g/mol. The molecule has 0 unspecified atom stereocenters. The number of rotatable bonds is 7. The van der Waals surface area contributed by atoms with Crippen LogP contribution in [0.25, 0.3) is 0 Å². The van der Waals surface area contributed by atoms with Gasteiger partial charge in [0, 0.05) is 37.6 Å². The minimum atomic E-state index is -0.544. The number of aliphatic hydroxyl groups is 1. The summed E-state index contributed by atoms with van der Waals surface area (Å²) in [6.45, 7) is 0.330. The predicted octanol–water partition coefficient (Wildman–Crippen LogP) is 2.21. The summed E-state index contributed by atoms with van der Waals surface area (Å²) < 4.78 is 0. The highest BCUT2D eigenvalue weighted by Gasteiger charge is 2.17. The third kappa shape index (κ3) is 4.74. The molecular formula is C16H16ClN3O4. The molecule has 2 aromatic rings. The van der Waals surface area contributed by atoms with E-state index in [-0.39, 0.29) is 36.2 Å². The van der Waals surface area contributed by atoms with Crippen LogP contribution in [-0.4, -0.2) is 39.0 Å². The van der Waals surface area contributed by atoms with Crippen LogP contribution in [-0.2, 0) is 17.8 Å². The molecule has 0 saturated carbocycles. The molecule has 0 fully saturated rings. The SMILES string of the molecule is O=C(Cc1ccc([N+](=O)[O-])cc1Cl)N(CCO)Cc1cccnc1. The van der Waals surface area contributed by atoms with Gasteiger partial charge in [-0.05, 0) is 17.2 Å². The third-order valence-electron chi connectivity index (χ3n) is 3.41. The molecule has 126 valence electrons. The van der Waals surface area contributed by atoms with Crippen molar-refractivity contribution in [1.82, 2.24) is 9.88 Å². The van der Waals surface area contributed by atoms with Gasteiger partial charge in [0.15, 0.2) is 0 Å². The number of benzene rings is 1. The van der Waals surface area contributed by atoms with Gasteiger partial charge in [-0.15, -0.1) is 0 Å².